The molecule has 0 spiro atoms. The van der Waals surface area contributed by atoms with Crippen molar-refractivity contribution >= 4 is 29.3 Å². The number of Topliss-reactive ketones (excluding diaryl/α,β-unsaturated/α-hetero) is 2. The van der Waals surface area contributed by atoms with E-state index in [1.165, 1.54) is 18.7 Å². The second-order valence-electron chi connectivity index (χ2n) is 5.65. The first-order valence-electron chi connectivity index (χ1n) is 6.64. The number of hydrogen-bond donors (Lipinski definition) is 0. The molecule has 0 bridgehead atoms. The van der Waals surface area contributed by atoms with Gasteiger partial charge in [0.1, 0.15) is 5.60 Å². The number of carbonyl (C=O) groups is 3. The third kappa shape index (κ3) is 6.12. The van der Waals surface area contributed by atoms with Gasteiger partial charge in [-0.15, -0.1) is 11.8 Å². The molecule has 0 N–H and O–H groups in total. The summed E-state index contributed by atoms with van der Waals surface area (Å²) in [4.78, 5) is 36.6. The zero-order valence-corrected chi connectivity index (χ0v) is 13.5. The summed E-state index contributed by atoms with van der Waals surface area (Å²) in [6, 6.07) is 9.35. The van der Waals surface area contributed by atoms with E-state index in [1.54, 1.807) is 20.8 Å². The lowest BCUT2D eigenvalue weighted by atomic mass is 10.0. The molecule has 1 rings (SSSR count). The number of ketones is 2. The lowest BCUT2D eigenvalue weighted by Gasteiger charge is -2.22. The van der Waals surface area contributed by atoms with Gasteiger partial charge in [0.15, 0.2) is 17.5 Å². The van der Waals surface area contributed by atoms with Crippen LogP contribution in [-0.2, 0) is 19.1 Å². The Morgan fingerprint density at radius 1 is 1.14 bits per heavy atom. The first-order valence-corrected chi connectivity index (χ1v) is 7.63. The van der Waals surface area contributed by atoms with E-state index in [4.69, 9.17) is 4.74 Å². The van der Waals surface area contributed by atoms with Crippen molar-refractivity contribution in [3.05, 3.63) is 30.3 Å². The zero-order valence-electron chi connectivity index (χ0n) is 12.7. The molecule has 114 valence electrons. The van der Waals surface area contributed by atoms with Crippen LogP contribution in [0.4, 0.5) is 0 Å². The van der Waals surface area contributed by atoms with Crippen LogP contribution >= 0.6 is 11.8 Å². The van der Waals surface area contributed by atoms with Crippen molar-refractivity contribution < 1.29 is 19.1 Å². The van der Waals surface area contributed by atoms with Gasteiger partial charge in [0.25, 0.3) is 0 Å². The highest BCUT2D eigenvalue weighted by molar-refractivity contribution is 8.00. The van der Waals surface area contributed by atoms with Gasteiger partial charge >= 0.3 is 5.97 Å². The smallest absolute Gasteiger partial charge is 0.324 e. The van der Waals surface area contributed by atoms with Gasteiger partial charge in [0.2, 0.25) is 0 Å². The van der Waals surface area contributed by atoms with Crippen LogP contribution in [0, 0.1) is 5.92 Å². The van der Waals surface area contributed by atoms with Crippen molar-refractivity contribution in [2.24, 2.45) is 5.92 Å². The fourth-order valence-electron chi connectivity index (χ4n) is 1.64. The molecule has 0 heterocycles. The fourth-order valence-corrected chi connectivity index (χ4v) is 2.46. The van der Waals surface area contributed by atoms with E-state index in [1.807, 2.05) is 30.3 Å². The predicted molar refractivity (Wildman–Crippen MR) is 82.2 cm³/mol. The Morgan fingerprint density at radius 2 is 1.71 bits per heavy atom. The fraction of sp³-hybridized carbons (Fsp3) is 0.438. The summed E-state index contributed by atoms with van der Waals surface area (Å²) in [5.74, 6) is -2.95. The molecular weight excluding hydrogens is 288 g/mol. The molecular formula is C16H20O4S. The molecule has 5 heteroatoms. The van der Waals surface area contributed by atoms with Crippen LogP contribution in [-0.4, -0.2) is 28.9 Å². The average Bonchev–Trinajstić information content (AvgIpc) is 2.35. The van der Waals surface area contributed by atoms with Gasteiger partial charge in [-0.2, -0.15) is 0 Å². The van der Waals surface area contributed by atoms with Crippen molar-refractivity contribution in [1.29, 1.82) is 0 Å². The zero-order chi connectivity index (χ0) is 16.0. The number of hydrogen-bond acceptors (Lipinski definition) is 5. The standard InChI is InChI=1S/C16H20O4S/c1-11(17)14(15(19)20-16(2,3)4)13(18)10-21-12-8-6-5-7-9-12/h5-9,14H,10H2,1-4H3. The maximum absolute atomic E-state index is 12.1. The molecule has 4 nitrogen and oxygen atoms in total. The third-order valence-corrected chi connectivity index (χ3v) is 3.53. The van der Waals surface area contributed by atoms with E-state index in [0.717, 1.165) is 4.90 Å². The monoisotopic (exact) mass is 308 g/mol. The van der Waals surface area contributed by atoms with Crippen LogP contribution in [0.25, 0.3) is 0 Å². The highest BCUT2D eigenvalue weighted by Crippen LogP contribution is 2.20. The second kappa shape index (κ2) is 7.41. The first kappa shape index (κ1) is 17.4. The molecule has 0 fully saturated rings. The van der Waals surface area contributed by atoms with E-state index in [2.05, 4.69) is 0 Å². The van der Waals surface area contributed by atoms with E-state index in [0.29, 0.717) is 0 Å². The third-order valence-electron chi connectivity index (χ3n) is 2.50. The summed E-state index contributed by atoms with van der Waals surface area (Å²) in [5.41, 5.74) is -0.725. The molecule has 1 unspecified atom stereocenters. The number of carbonyl (C=O) groups excluding carboxylic acids is 3. The molecule has 0 aromatic heterocycles. The molecule has 0 aliphatic heterocycles. The average molecular weight is 308 g/mol. The SMILES string of the molecule is CC(=O)C(C(=O)CSc1ccccc1)C(=O)OC(C)(C)C. The van der Waals surface area contributed by atoms with Crippen molar-refractivity contribution in [1.82, 2.24) is 0 Å². The lowest BCUT2D eigenvalue weighted by Crippen LogP contribution is -2.37. The number of thioether (sulfide) groups is 1. The lowest BCUT2D eigenvalue weighted by molar-refractivity contribution is -0.163. The van der Waals surface area contributed by atoms with Gasteiger partial charge in [0, 0.05) is 4.90 Å². The van der Waals surface area contributed by atoms with Gasteiger partial charge < -0.3 is 4.74 Å². The highest BCUT2D eigenvalue weighted by atomic mass is 32.2. The highest BCUT2D eigenvalue weighted by Gasteiger charge is 2.34. The van der Waals surface area contributed by atoms with Gasteiger partial charge in [-0.05, 0) is 39.8 Å². The summed E-state index contributed by atoms with van der Waals surface area (Å²) in [6.07, 6.45) is 0. The van der Waals surface area contributed by atoms with Crippen molar-refractivity contribution in [2.45, 2.75) is 38.2 Å². The van der Waals surface area contributed by atoms with E-state index in [-0.39, 0.29) is 5.75 Å². The predicted octanol–water partition coefficient (Wildman–Crippen LogP) is 2.89. The summed E-state index contributed by atoms with van der Waals surface area (Å²) >= 11 is 1.30. The number of ether oxygens (including phenoxy) is 1. The van der Waals surface area contributed by atoms with Gasteiger partial charge in [-0.25, -0.2) is 0 Å². The Labute approximate surface area is 129 Å². The summed E-state index contributed by atoms with van der Waals surface area (Å²) in [5, 5.41) is 0. The minimum Gasteiger partial charge on any atom is -0.459 e. The van der Waals surface area contributed by atoms with Gasteiger partial charge in [-0.3, -0.25) is 14.4 Å². The molecule has 0 radical (unpaired) electrons. The molecule has 1 aromatic rings. The number of rotatable bonds is 6. The topological polar surface area (TPSA) is 60.4 Å². The molecule has 0 amide bonds. The van der Waals surface area contributed by atoms with Gasteiger partial charge in [-0.1, -0.05) is 18.2 Å². The summed E-state index contributed by atoms with van der Waals surface area (Å²) in [7, 11) is 0. The quantitative estimate of drug-likeness (QED) is 0.459. The second-order valence-corrected chi connectivity index (χ2v) is 6.69. The largest absolute Gasteiger partial charge is 0.459 e. The molecule has 0 saturated heterocycles. The van der Waals surface area contributed by atoms with E-state index >= 15 is 0 Å². The molecule has 1 atom stereocenters. The summed E-state index contributed by atoms with van der Waals surface area (Å²) in [6.45, 7) is 6.33. The summed E-state index contributed by atoms with van der Waals surface area (Å²) < 4.78 is 5.14. The number of esters is 1. The van der Waals surface area contributed by atoms with Crippen LogP contribution in [0.5, 0.6) is 0 Å². The maximum Gasteiger partial charge on any atom is 0.324 e. The van der Waals surface area contributed by atoms with Gasteiger partial charge in [0.05, 0.1) is 5.75 Å². The minimum absolute atomic E-state index is 0.0630. The van der Waals surface area contributed by atoms with Crippen LogP contribution < -0.4 is 0 Å². The van der Waals surface area contributed by atoms with E-state index in [9.17, 15) is 14.4 Å². The molecule has 0 aliphatic carbocycles. The Morgan fingerprint density at radius 3 is 2.19 bits per heavy atom. The van der Waals surface area contributed by atoms with Crippen molar-refractivity contribution in [2.75, 3.05) is 5.75 Å². The normalized spacial score (nSPS) is 12.6. The Hall–Kier alpha value is -1.62. The van der Waals surface area contributed by atoms with Crippen molar-refractivity contribution in [3.63, 3.8) is 0 Å². The first-order chi connectivity index (χ1) is 9.70. The molecule has 1 aromatic carbocycles. The Balaban J connectivity index is 2.70. The minimum atomic E-state index is -1.33. The van der Waals surface area contributed by atoms with Crippen LogP contribution in [0.3, 0.4) is 0 Å². The van der Waals surface area contributed by atoms with Crippen molar-refractivity contribution in [3.8, 4) is 0 Å². The van der Waals surface area contributed by atoms with Crippen LogP contribution in [0.1, 0.15) is 27.7 Å². The van der Waals surface area contributed by atoms with Crippen LogP contribution in [0.2, 0.25) is 0 Å². The van der Waals surface area contributed by atoms with Crippen LogP contribution in [0.15, 0.2) is 35.2 Å². The maximum atomic E-state index is 12.1. The molecule has 0 aliphatic rings. The Bertz CT molecular complexity index is 517. The molecule has 0 saturated carbocycles. The number of benzene rings is 1. The van der Waals surface area contributed by atoms with E-state index < -0.39 is 29.1 Å². The Kier molecular flexibility index (Phi) is 6.15. The molecule has 21 heavy (non-hydrogen) atoms.